The van der Waals surface area contributed by atoms with Crippen LogP contribution in [0, 0.1) is 11.8 Å². The van der Waals surface area contributed by atoms with Crippen LogP contribution in [0.3, 0.4) is 0 Å². The first-order valence-electron chi connectivity index (χ1n) is 7.34. The molecule has 2 rings (SSSR count). The summed E-state index contributed by atoms with van der Waals surface area (Å²) in [7, 11) is 0. The Morgan fingerprint density at radius 3 is 2.80 bits per heavy atom. The SMILES string of the molecule is CCCNC(c1ccoc1)C1CCCC(C(F)(F)F)C1. The highest BCUT2D eigenvalue weighted by atomic mass is 19.4. The highest BCUT2D eigenvalue weighted by Crippen LogP contribution is 2.43. The normalized spacial score (nSPS) is 25.6. The monoisotopic (exact) mass is 289 g/mol. The fourth-order valence-corrected chi connectivity index (χ4v) is 3.14. The molecule has 1 aliphatic rings. The molecule has 0 spiro atoms. The third kappa shape index (κ3) is 3.78. The predicted molar refractivity (Wildman–Crippen MR) is 71.2 cm³/mol. The van der Waals surface area contributed by atoms with Crippen molar-refractivity contribution in [1.29, 1.82) is 0 Å². The van der Waals surface area contributed by atoms with Crippen LogP contribution in [0.1, 0.15) is 50.6 Å². The van der Waals surface area contributed by atoms with Crippen molar-refractivity contribution >= 4 is 0 Å². The third-order valence-corrected chi connectivity index (χ3v) is 4.17. The maximum absolute atomic E-state index is 12.9. The van der Waals surface area contributed by atoms with E-state index in [1.165, 1.54) is 0 Å². The Morgan fingerprint density at radius 1 is 1.40 bits per heavy atom. The number of halogens is 3. The first-order valence-corrected chi connectivity index (χ1v) is 7.34. The fourth-order valence-electron chi connectivity index (χ4n) is 3.14. The van der Waals surface area contributed by atoms with Crippen molar-refractivity contribution in [2.75, 3.05) is 6.54 Å². The summed E-state index contributed by atoms with van der Waals surface area (Å²) in [5.41, 5.74) is 0.964. The van der Waals surface area contributed by atoms with E-state index < -0.39 is 12.1 Å². The summed E-state index contributed by atoms with van der Waals surface area (Å²) >= 11 is 0. The Hall–Kier alpha value is -0.970. The molecule has 0 radical (unpaired) electrons. The Balaban J connectivity index is 2.08. The molecular formula is C15H22F3NO. The average molecular weight is 289 g/mol. The summed E-state index contributed by atoms with van der Waals surface area (Å²) in [6.07, 6.45) is 2.11. The van der Waals surface area contributed by atoms with Gasteiger partial charge in [-0.15, -0.1) is 0 Å². The lowest BCUT2D eigenvalue weighted by Crippen LogP contribution is -2.35. The van der Waals surface area contributed by atoms with Crippen LogP contribution in [0.2, 0.25) is 0 Å². The van der Waals surface area contributed by atoms with E-state index in [-0.39, 0.29) is 24.8 Å². The van der Waals surface area contributed by atoms with E-state index >= 15 is 0 Å². The minimum absolute atomic E-state index is 0.0273. The summed E-state index contributed by atoms with van der Waals surface area (Å²) in [6.45, 7) is 2.86. The summed E-state index contributed by atoms with van der Waals surface area (Å²) in [4.78, 5) is 0. The minimum atomic E-state index is -4.07. The van der Waals surface area contributed by atoms with Crippen molar-refractivity contribution in [2.45, 2.75) is 51.2 Å². The molecule has 1 aromatic heterocycles. The van der Waals surface area contributed by atoms with Gasteiger partial charge in [-0.25, -0.2) is 0 Å². The third-order valence-electron chi connectivity index (χ3n) is 4.17. The first kappa shape index (κ1) is 15.4. The van der Waals surface area contributed by atoms with Crippen LogP contribution in [0.4, 0.5) is 13.2 Å². The van der Waals surface area contributed by atoms with Crippen molar-refractivity contribution < 1.29 is 17.6 Å². The van der Waals surface area contributed by atoms with Crippen LogP contribution in [0.5, 0.6) is 0 Å². The van der Waals surface area contributed by atoms with E-state index in [1.54, 1.807) is 12.5 Å². The summed E-state index contributed by atoms with van der Waals surface area (Å²) in [6, 6.07) is 1.82. The maximum Gasteiger partial charge on any atom is 0.391 e. The van der Waals surface area contributed by atoms with Gasteiger partial charge >= 0.3 is 6.18 Å². The topological polar surface area (TPSA) is 25.2 Å². The van der Waals surface area contributed by atoms with E-state index in [9.17, 15) is 13.2 Å². The molecule has 5 heteroatoms. The van der Waals surface area contributed by atoms with Crippen LogP contribution in [0.15, 0.2) is 23.0 Å². The summed E-state index contributed by atoms with van der Waals surface area (Å²) < 4.78 is 43.9. The van der Waals surface area contributed by atoms with Gasteiger partial charge in [0.25, 0.3) is 0 Å². The van der Waals surface area contributed by atoms with E-state index in [1.807, 2.05) is 6.07 Å². The molecule has 0 bridgehead atoms. The number of hydrogen-bond donors (Lipinski definition) is 1. The number of alkyl halides is 3. The Morgan fingerprint density at radius 2 is 2.20 bits per heavy atom. The molecule has 0 amide bonds. The zero-order valence-electron chi connectivity index (χ0n) is 11.7. The number of rotatable bonds is 5. The molecule has 3 atom stereocenters. The van der Waals surface area contributed by atoms with Crippen molar-refractivity contribution in [3.8, 4) is 0 Å². The van der Waals surface area contributed by atoms with E-state index in [2.05, 4.69) is 12.2 Å². The van der Waals surface area contributed by atoms with Crippen LogP contribution in [0.25, 0.3) is 0 Å². The van der Waals surface area contributed by atoms with Gasteiger partial charge in [-0.05, 0) is 44.2 Å². The van der Waals surface area contributed by atoms with Gasteiger partial charge in [-0.2, -0.15) is 13.2 Å². The zero-order valence-corrected chi connectivity index (χ0v) is 11.7. The average Bonchev–Trinajstić information content (AvgIpc) is 2.92. The molecule has 3 unspecified atom stereocenters. The number of hydrogen-bond acceptors (Lipinski definition) is 2. The van der Waals surface area contributed by atoms with Crippen LogP contribution in [-0.2, 0) is 0 Å². The van der Waals surface area contributed by atoms with Crippen molar-refractivity contribution in [3.63, 3.8) is 0 Å². The summed E-state index contributed by atoms with van der Waals surface area (Å²) in [5, 5.41) is 3.39. The van der Waals surface area contributed by atoms with Crippen molar-refractivity contribution in [3.05, 3.63) is 24.2 Å². The molecule has 2 nitrogen and oxygen atoms in total. The van der Waals surface area contributed by atoms with E-state index in [0.29, 0.717) is 6.42 Å². The van der Waals surface area contributed by atoms with Gasteiger partial charge < -0.3 is 9.73 Å². The van der Waals surface area contributed by atoms with Crippen LogP contribution < -0.4 is 5.32 Å². The van der Waals surface area contributed by atoms with Gasteiger partial charge in [-0.1, -0.05) is 13.3 Å². The highest BCUT2D eigenvalue weighted by Gasteiger charge is 2.43. The maximum atomic E-state index is 12.9. The largest absolute Gasteiger partial charge is 0.472 e. The zero-order chi connectivity index (χ0) is 14.6. The standard InChI is InChI=1S/C15H22F3NO/c1-2-7-19-14(12-6-8-20-10-12)11-4-3-5-13(9-11)15(16,17)18/h6,8,10-11,13-14,19H,2-5,7,9H2,1H3. The van der Waals surface area contributed by atoms with Gasteiger partial charge in [0.1, 0.15) is 0 Å². The highest BCUT2D eigenvalue weighted by molar-refractivity contribution is 5.13. The smallest absolute Gasteiger partial charge is 0.391 e. The van der Waals surface area contributed by atoms with Gasteiger partial charge in [0.05, 0.1) is 18.4 Å². The lowest BCUT2D eigenvalue weighted by molar-refractivity contribution is -0.186. The van der Waals surface area contributed by atoms with E-state index in [4.69, 9.17) is 4.42 Å². The lowest BCUT2D eigenvalue weighted by atomic mass is 9.76. The van der Waals surface area contributed by atoms with Crippen LogP contribution >= 0.6 is 0 Å². The molecule has 0 aromatic carbocycles. The summed E-state index contributed by atoms with van der Waals surface area (Å²) in [5.74, 6) is -1.13. The Labute approximate surface area is 117 Å². The molecule has 20 heavy (non-hydrogen) atoms. The molecule has 1 heterocycles. The number of furan rings is 1. The van der Waals surface area contributed by atoms with Crippen LogP contribution in [-0.4, -0.2) is 12.7 Å². The van der Waals surface area contributed by atoms with Crippen molar-refractivity contribution in [2.24, 2.45) is 11.8 Å². The second-order valence-corrected chi connectivity index (χ2v) is 5.65. The predicted octanol–water partition coefficient (Wildman–Crippen LogP) is 4.69. The molecule has 1 aliphatic carbocycles. The van der Waals surface area contributed by atoms with Gasteiger partial charge in [0.15, 0.2) is 0 Å². The van der Waals surface area contributed by atoms with Gasteiger partial charge in [0.2, 0.25) is 0 Å². The quantitative estimate of drug-likeness (QED) is 0.850. The molecule has 0 saturated heterocycles. The molecule has 1 fully saturated rings. The number of nitrogens with one attached hydrogen (secondary N) is 1. The Bertz CT molecular complexity index is 388. The van der Waals surface area contributed by atoms with E-state index in [0.717, 1.165) is 24.9 Å². The second kappa shape index (κ2) is 6.66. The molecule has 0 aliphatic heterocycles. The first-order chi connectivity index (χ1) is 9.52. The molecule has 1 aromatic rings. The van der Waals surface area contributed by atoms with Gasteiger partial charge in [-0.3, -0.25) is 0 Å². The minimum Gasteiger partial charge on any atom is -0.472 e. The lowest BCUT2D eigenvalue weighted by Gasteiger charge is -2.35. The Kier molecular flexibility index (Phi) is 5.13. The van der Waals surface area contributed by atoms with Crippen molar-refractivity contribution in [1.82, 2.24) is 5.32 Å². The molecule has 1 N–H and O–H groups in total. The van der Waals surface area contributed by atoms with Gasteiger partial charge in [0, 0.05) is 11.6 Å². The fraction of sp³-hybridized carbons (Fsp3) is 0.733. The second-order valence-electron chi connectivity index (χ2n) is 5.65. The molecule has 1 saturated carbocycles. The molecular weight excluding hydrogens is 267 g/mol. The molecule has 114 valence electrons.